The van der Waals surface area contributed by atoms with E-state index in [1.54, 1.807) is 13.8 Å². The molecule has 0 aliphatic heterocycles. The Bertz CT molecular complexity index is 629. The molecule has 0 saturated heterocycles. The number of rotatable bonds is 8. The highest BCUT2D eigenvalue weighted by Gasteiger charge is 2.29. The lowest BCUT2D eigenvalue weighted by Gasteiger charge is -2.14. The lowest BCUT2D eigenvalue weighted by molar-refractivity contribution is -0.161. The van der Waals surface area contributed by atoms with Gasteiger partial charge in [0, 0.05) is 18.1 Å². The monoisotopic (exact) mass is 329 g/mol. The van der Waals surface area contributed by atoms with E-state index in [1.807, 2.05) is 53.4 Å². The minimum absolute atomic E-state index is 0.250. The van der Waals surface area contributed by atoms with Crippen LogP contribution in [-0.4, -0.2) is 29.7 Å². The first-order valence-electron chi connectivity index (χ1n) is 8.21. The molecule has 5 heteroatoms. The summed E-state index contributed by atoms with van der Waals surface area (Å²) in [6.07, 6.45) is 4.94. The SMILES string of the molecule is CCOC(=O)C(CCc1ccc(-n2cccc2)cc1)C(=O)OCC. The van der Waals surface area contributed by atoms with Gasteiger partial charge in [0.2, 0.25) is 0 Å². The van der Waals surface area contributed by atoms with Crippen molar-refractivity contribution in [2.24, 2.45) is 5.92 Å². The largest absolute Gasteiger partial charge is 0.465 e. The number of ether oxygens (including phenoxy) is 2. The Balaban J connectivity index is 2.00. The average Bonchev–Trinajstić information content (AvgIpc) is 3.10. The summed E-state index contributed by atoms with van der Waals surface area (Å²) in [5, 5.41) is 0. The molecule has 1 aromatic heterocycles. The lowest BCUT2D eigenvalue weighted by Crippen LogP contribution is -2.28. The van der Waals surface area contributed by atoms with Crippen LogP contribution in [0.2, 0.25) is 0 Å². The summed E-state index contributed by atoms with van der Waals surface area (Å²) in [7, 11) is 0. The van der Waals surface area contributed by atoms with Crippen LogP contribution < -0.4 is 0 Å². The molecule has 1 aromatic carbocycles. The van der Waals surface area contributed by atoms with Crippen LogP contribution in [0, 0.1) is 5.92 Å². The molecular formula is C19H23NO4. The molecule has 2 aromatic rings. The zero-order chi connectivity index (χ0) is 17.4. The van der Waals surface area contributed by atoms with E-state index in [1.165, 1.54) is 0 Å². The number of hydrogen-bond acceptors (Lipinski definition) is 4. The summed E-state index contributed by atoms with van der Waals surface area (Å²) >= 11 is 0. The van der Waals surface area contributed by atoms with Crippen molar-refractivity contribution in [3.63, 3.8) is 0 Å². The zero-order valence-corrected chi connectivity index (χ0v) is 14.1. The minimum Gasteiger partial charge on any atom is -0.465 e. The van der Waals surface area contributed by atoms with E-state index >= 15 is 0 Å². The Morgan fingerprint density at radius 2 is 1.50 bits per heavy atom. The molecule has 24 heavy (non-hydrogen) atoms. The van der Waals surface area contributed by atoms with Crippen LogP contribution in [0.4, 0.5) is 0 Å². The van der Waals surface area contributed by atoms with Crippen LogP contribution in [0.25, 0.3) is 5.69 Å². The molecule has 0 atom stereocenters. The van der Waals surface area contributed by atoms with Gasteiger partial charge in [-0.05, 0) is 56.5 Å². The van der Waals surface area contributed by atoms with Crippen molar-refractivity contribution in [2.45, 2.75) is 26.7 Å². The van der Waals surface area contributed by atoms with Gasteiger partial charge in [0.1, 0.15) is 0 Å². The van der Waals surface area contributed by atoms with Crippen molar-refractivity contribution in [1.29, 1.82) is 0 Å². The highest BCUT2D eigenvalue weighted by Crippen LogP contribution is 2.16. The van der Waals surface area contributed by atoms with Crippen molar-refractivity contribution in [1.82, 2.24) is 4.57 Å². The maximum atomic E-state index is 12.0. The highest BCUT2D eigenvalue weighted by atomic mass is 16.6. The van der Waals surface area contributed by atoms with Gasteiger partial charge in [-0.3, -0.25) is 9.59 Å². The first kappa shape index (κ1) is 17.8. The van der Waals surface area contributed by atoms with Gasteiger partial charge in [-0.1, -0.05) is 12.1 Å². The fourth-order valence-corrected chi connectivity index (χ4v) is 2.47. The fraction of sp³-hybridized carbons (Fsp3) is 0.368. The van der Waals surface area contributed by atoms with E-state index in [0.717, 1.165) is 11.3 Å². The van der Waals surface area contributed by atoms with Crippen LogP contribution in [0.3, 0.4) is 0 Å². The molecule has 0 fully saturated rings. The predicted octanol–water partition coefficient (Wildman–Crippen LogP) is 3.15. The Labute approximate surface area is 142 Å². The second-order valence-electron chi connectivity index (χ2n) is 5.35. The van der Waals surface area contributed by atoms with Crippen LogP contribution >= 0.6 is 0 Å². The molecule has 1 heterocycles. The Morgan fingerprint density at radius 3 is 2.00 bits per heavy atom. The number of hydrogen-bond donors (Lipinski definition) is 0. The molecule has 0 unspecified atom stereocenters. The second-order valence-corrected chi connectivity index (χ2v) is 5.35. The number of aryl methyl sites for hydroxylation is 1. The summed E-state index contributed by atoms with van der Waals surface area (Å²) in [5.41, 5.74) is 2.13. The van der Waals surface area contributed by atoms with E-state index in [2.05, 4.69) is 0 Å². The zero-order valence-electron chi connectivity index (χ0n) is 14.1. The van der Waals surface area contributed by atoms with E-state index in [4.69, 9.17) is 9.47 Å². The molecule has 0 N–H and O–H groups in total. The molecule has 0 spiro atoms. The van der Waals surface area contributed by atoms with Gasteiger partial charge < -0.3 is 14.0 Å². The second kappa shape index (κ2) is 8.91. The Hall–Kier alpha value is -2.56. The predicted molar refractivity (Wildman–Crippen MR) is 90.8 cm³/mol. The normalized spacial score (nSPS) is 10.6. The van der Waals surface area contributed by atoms with Gasteiger partial charge >= 0.3 is 11.9 Å². The third-order valence-corrected chi connectivity index (χ3v) is 3.70. The third kappa shape index (κ3) is 4.72. The average molecular weight is 329 g/mol. The molecule has 0 bridgehead atoms. The molecule has 128 valence electrons. The Kier molecular flexibility index (Phi) is 6.61. The van der Waals surface area contributed by atoms with E-state index in [0.29, 0.717) is 12.8 Å². The molecule has 0 radical (unpaired) electrons. The van der Waals surface area contributed by atoms with Crippen molar-refractivity contribution in [3.05, 3.63) is 54.4 Å². The summed E-state index contributed by atoms with van der Waals surface area (Å²) < 4.78 is 12.0. The molecule has 0 aliphatic carbocycles. The maximum absolute atomic E-state index is 12.0. The Morgan fingerprint density at radius 1 is 0.958 bits per heavy atom. The van der Waals surface area contributed by atoms with Crippen molar-refractivity contribution in [2.75, 3.05) is 13.2 Å². The van der Waals surface area contributed by atoms with Gasteiger partial charge in [0.25, 0.3) is 0 Å². The van der Waals surface area contributed by atoms with Crippen LogP contribution in [0.15, 0.2) is 48.8 Å². The van der Waals surface area contributed by atoms with Crippen molar-refractivity contribution >= 4 is 11.9 Å². The fourth-order valence-electron chi connectivity index (χ4n) is 2.47. The van der Waals surface area contributed by atoms with Crippen LogP contribution in [0.1, 0.15) is 25.8 Å². The van der Waals surface area contributed by atoms with Crippen LogP contribution in [0.5, 0.6) is 0 Å². The molecule has 0 amide bonds. The molecule has 0 saturated carbocycles. The minimum atomic E-state index is -0.867. The van der Waals surface area contributed by atoms with Gasteiger partial charge in [0.05, 0.1) is 13.2 Å². The standard InChI is InChI=1S/C19H23NO4/c1-3-23-18(21)17(19(22)24-4-2)12-9-15-7-10-16(11-8-15)20-13-5-6-14-20/h5-8,10-11,13-14,17H,3-4,9,12H2,1-2H3. The van der Waals surface area contributed by atoms with Gasteiger partial charge in [-0.15, -0.1) is 0 Å². The highest BCUT2D eigenvalue weighted by molar-refractivity contribution is 5.94. The quantitative estimate of drug-likeness (QED) is 0.551. The molecule has 0 aliphatic rings. The summed E-state index contributed by atoms with van der Waals surface area (Å²) in [5.74, 6) is -1.89. The van der Waals surface area contributed by atoms with Crippen molar-refractivity contribution < 1.29 is 19.1 Å². The van der Waals surface area contributed by atoms with E-state index in [9.17, 15) is 9.59 Å². The molecule has 2 rings (SSSR count). The third-order valence-electron chi connectivity index (χ3n) is 3.70. The maximum Gasteiger partial charge on any atom is 0.320 e. The topological polar surface area (TPSA) is 57.5 Å². The summed E-state index contributed by atoms with van der Waals surface area (Å²) in [6.45, 7) is 3.95. The summed E-state index contributed by atoms with van der Waals surface area (Å²) in [6, 6.07) is 12.0. The lowest BCUT2D eigenvalue weighted by atomic mass is 9.99. The van der Waals surface area contributed by atoms with E-state index in [-0.39, 0.29) is 13.2 Å². The van der Waals surface area contributed by atoms with E-state index < -0.39 is 17.9 Å². The van der Waals surface area contributed by atoms with Gasteiger partial charge in [0.15, 0.2) is 5.92 Å². The van der Waals surface area contributed by atoms with Crippen molar-refractivity contribution in [3.8, 4) is 5.69 Å². The van der Waals surface area contributed by atoms with Gasteiger partial charge in [-0.2, -0.15) is 0 Å². The number of esters is 2. The van der Waals surface area contributed by atoms with Crippen LogP contribution in [-0.2, 0) is 25.5 Å². The smallest absolute Gasteiger partial charge is 0.320 e. The number of carbonyl (C=O) groups excluding carboxylic acids is 2. The number of benzene rings is 1. The molecular weight excluding hydrogens is 306 g/mol. The first-order chi connectivity index (χ1) is 11.7. The number of carbonyl (C=O) groups is 2. The number of nitrogens with zero attached hydrogens (tertiary/aromatic N) is 1. The first-order valence-corrected chi connectivity index (χ1v) is 8.21. The number of aromatic nitrogens is 1. The summed E-state index contributed by atoms with van der Waals surface area (Å²) in [4.78, 5) is 23.9. The van der Waals surface area contributed by atoms with Gasteiger partial charge in [-0.25, -0.2) is 0 Å². The molecule has 5 nitrogen and oxygen atoms in total.